The van der Waals surface area contributed by atoms with Crippen molar-refractivity contribution in [2.75, 3.05) is 12.4 Å². The van der Waals surface area contributed by atoms with Gasteiger partial charge in [0.05, 0.1) is 13.2 Å². The van der Waals surface area contributed by atoms with Crippen LogP contribution in [0.1, 0.15) is 50.2 Å². The highest BCUT2D eigenvalue weighted by Crippen LogP contribution is 2.26. The number of carbonyl (C=O) groups excluding carboxylic acids is 2. The zero-order valence-corrected chi connectivity index (χ0v) is 15.6. The number of amides is 3. The first-order chi connectivity index (χ1) is 11.9. The molecular weight excluding hydrogens is 318 g/mol. The largest absolute Gasteiger partial charge is 0.496 e. The average Bonchev–Trinajstić information content (AvgIpc) is 2.84. The maximum atomic E-state index is 12.1. The average molecular weight is 347 g/mol. The summed E-state index contributed by atoms with van der Waals surface area (Å²) >= 11 is 0. The van der Waals surface area contributed by atoms with Crippen molar-refractivity contribution in [3.8, 4) is 5.75 Å². The first-order valence-corrected chi connectivity index (χ1v) is 8.93. The molecule has 3 amide bonds. The molecule has 0 saturated carbocycles. The van der Waals surface area contributed by atoms with E-state index in [0.29, 0.717) is 6.42 Å². The highest BCUT2D eigenvalue weighted by atomic mass is 16.5. The highest BCUT2D eigenvalue weighted by Gasteiger charge is 2.26. The number of ether oxygens (including phenoxy) is 1. The number of anilines is 1. The van der Waals surface area contributed by atoms with Crippen molar-refractivity contribution < 1.29 is 14.3 Å². The van der Waals surface area contributed by atoms with E-state index in [1.54, 1.807) is 7.11 Å². The van der Waals surface area contributed by atoms with Crippen LogP contribution in [0.3, 0.4) is 0 Å². The minimum absolute atomic E-state index is 0.0353. The van der Waals surface area contributed by atoms with E-state index in [2.05, 4.69) is 16.0 Å². The van der Waals surface area contributed by atoms with E-state index in [1.807, 2.05) is 32.9 Å². The number of urea groups is 1. The van der Waals surface area contributed by atoms with Crippen LogP contribution in [-0.4, -0.2) is 31.1 Å². The van der Waals surface area contributed by atoms with Gasteiger partial charge in [-0.25, -0.2) is 4.79 Å². The molecule has 1 aromatic rings. The first-order valence-electron chi connectivity index (χ1n) is 8.93. The molecule has 0 aliphatic carbocycles. The number of carbonyl (C=O) groups is 2. The topological polar surface area (TPSA) is 79.5 Å². The van der Waals surface area contributed by atoms with Gasteiger partial charge in [0.2, 0.25) is 5.91 Å². The molecule has 138 valence electrons. The number of unbranched alkanes of at least 4 members (excludes halogenated alkanes) is 2. The molecular formula is C19H29N3O3. The Hall–Kier alpha value is -2.24. The lowest BCUT2D eigenvalue weighted by molar-refractivity contribution is -0.116. The van der Waals surface area contributed by atoms with Crippen LogP contribution < -0.4 is 20.7 Å². The highest BCUT2D eigenvalue weighted by molar-refractivity contribution is 5.91. The molecule has 1 aliphatic heterocycles. The molecule has 2 rings (SSSR count). The number of nitrogens with one attached hydrogen (secondary N) is 3. The van der Waals surface area contributed by atoms with Crippen molar-refractivity contribution in [1.82, 2.24) is 10.6 Å². The fourth-order valence-electron chi connectivity index (χ4n) is 3.36. The Morgan fingerprint density at radius 3 is 2.40 bits per heavy atom. The van der Waals surface area contributed by atoms with Crippen molar-refractivity contribution in [3.63, 3.8) is 0 Å². The summed E-state index contributed by atoms with van der Waals surface area (Å²) in [5.74, 6) is 0.897. The monoisotopic (exact) mass is 347 g/mol. The molecule has 0 unspecified atom stereocenters. The van der Waals surface area contributed by atoms with E-state index >= 15 is 0 Å². The smallest absolute Gasteiger partial charge is 0.315 e. The standard InChI is InChI=1S/C19H29N3O3/c1-12-10-15(11-13(2)18(12)25-4)21-17(23)9-7-5-6-8-16-14(3)20-19(24)22-16/h10-11,14,16H,5-9H2,1-4H3,(H,21,23)(H2,20,22,24)/t14-,16+/m0/s1. The molecule has 1 aromatic carbocycles. The summed E-state index contributed by atoms with van der Waals surface area (Å²) in [5, 5.41) is 8.72. The Bertz CT molecular complexity index is 607. The number of hydrogen-bond donors (Lipinski definition) is 3. The summed E-state index contributed by atoms with van der Waals surface area (Å²) in [6.07, 6.45) is 4.29. The molecule has 25 heavy (non-hydrogen) atoms. The Morgan fingerprint density at radius 1 is 1.16 bits per heavy atom. The molecule has 6 nitrogen and oxygen atoms in total. The van der Waals surface area contributed by atoms with Crippen LogP contribution in [0.15, 0.2) is 12.1 Å². The third-order valence-electron chi connectivity index (χ3n) is 4.65. The normalized spacial score (nSPS) is 19.3. The second-order valence-corrected chi connectivity index (χ2v) is 6.80. The molecule has 2 atom stereocenters. The summed E-state index contributed by atoms with van der Waals surface area (Å²) in [6, 6.07) is 4.16. The van der Waals surface area contributed by atoms with E-state index in [-0.39, 0.29) is 24.0 Å². The van der Waals surface area contributed by atoms with Crippen molar-refractivity contribution in [1.29, 1.82) is 0 Å². The van der Waals surface area contributed by atoms with Crippen LogP contribution in [0, 0.1) is 13.8 Å². The summed E-state index contributed by atoms with van der Waals surface area (Å²) in [6.45, 7) is 5.95. The van der Waals surface area contributed by atoms with Crippen LogP contribution in [-0.2, 0) is 4.79 Å². The van der Waals surface area contributed by atoms with Gasteiger partial charge in [-0.15, -0.1) is 0 Å². The first kappa shape index (κ1) is 19.1. The third-order valence-corrected chi connectivity index (χ3v) is 4.65. The minimum Gasteiger partial charge on any atom is -0.496 e. The molecule has 0 bridgehead atoms. The lowest BCUT2D eigenvalue weighted by atomic mass is 10.0. The summed E-state index contributed by atoms with van der Waals surface area (Å²) < 4.78 is 5.34. The molecule has 1 fully saturated rings. The van der Waals surface area contributed by atoms with E-state index in [0.717, 1.165) is 48.2 Å². The molecule has 6 heteroatoms. The van der Waals surface area contributed by atoms with Crippen LogP contribution in [0.5, 0.6) is 5.75 Å². The second-order valence-electron chi connectivity index (χ2n) is 6.80. The van der Waals surface area contributed by atoms with E-state index < -0.39 is 0 Å². The summed E-state index contributed by atoms with van der Waals surface area (Å²) in [4.78, 5) is 23.3. The zero-order valence-electron chi connectivity index (χ0n) is 15.6. The second kappa shape index (κ2) is 8.74. The quantitative estimate of drug-likeness (QED) is 0.632. The number of rotatable bonds is 8. The van der Waals surface area contributed by atoms with Gasteiger partial charge in [0.15, 0.2) is 0 Å². The predicted octanol–water partition coefficient (Wildman–Crippen LogP) is 3.27. The Morgan fingerprint density at radius 2 is 1.84 bits per heavy atom. The van der Waals surface area contributed by atoms with E-state index in [9.17, 15) is 9.59 Å². The Labute approximate surface area is 149 Å². The van der Waals surface area contributed by atoms with Gasteiger partial charge in [0, 0.05) is 18.2 Å². The van der Waals surface area contributed by atoms with Gasteiger partial charge in [-0.2, -0.15) is 0 Å². The van der Waals surface area contributed by atoms with Crippen molar-refractivity contribution in [3.05, 3.63) is 23.3 Å². The molecule has 1 aliphatic rings. The number of aryl methyl sites for hydroxylation is 2. The summed E-state index contributed by atoms with van der Waals surface area (Å²) in [7, 11) is 1.65. The van der Waals surface area contributed by atoms with Gasteiger partial charge in [0.25, 0.3) is 0 Å². The fourth-order valence-corrected chi connectivity index (χ4v) is 3.36. The molecule has 0 spiro atoms. The number of methoxy groups -OCH3 is 1. The molecule has 1 heterocycles. The molecule has 0 radical (unpaired) electrons. The van der Waals surface area contributed by atoms with Gasteiger partial charge in [0.1, 0.15) is 5.75 Å². The Kier molecular flexibility index (Phi) is 6.67. The van der Waals surface area contributed by atoms with Crippen LogP contribution in [0.25, 0.3) is 0 Å². The lowest BCUT2D eigenvalue weighted by Gasteiger charge is -2.14. The molecule has 1 saturated heterocycles. The van der Waals surface area contributed by atoms with Gasteiger partial charge in [-0.3, -0.25) is 4.79 Å². The van der Waals surface area contributed by atoms with Crippen molar-refractivity contribution in [2.45, 2.75) is 65.0 Å². The van der Waals surface area contributed by atoms with E-state index in [1.165, 1.54) is 0 Å². The van der Waals surface area contributed by atoms with Crippen LogP contribution in [0.2, 0.25) is 0 Å². The zero-order chi connectivity index (χ0) is 18.4. The molecule has 0 aromatic heterocycles. The van der Waals surface area contributed by atoms with Gasteiger partial charge in [-0.05, 0) is 56.9 Å². The maximum Gasteiger partial charge on any atom is 0.315 e. The SMILES string of the molecule is COc1c(C)cc(NC(=O)CCCCC[C@H]2NC(=O)N[C@H]2C)cc1C. The van der Waals surface area contributed by atoms with Crippen molar-refractivity contribution in [2.24, 2.45) is 0 Å². The number of benzene rings is 1. The van der Waals surface area contributed by atoms with Gasteiger partial charge < -0.3 is 20.7 Å². The third kappa shape index (κ3) is 5.37. The molecule has 3 N–H and O–H groups in total. The number of hydrogen-bond acceptors (Lipinski definition) is 3. The summed E-state index contributed by atoms with van der Waals surface area (Å²) in [5.41, 5.74) is 2.84. The fraction of sp³-hybridized carbons (Fsp3) is 0.579. The van der Waals surface area contributed by atoms with Crippen LogP contribution >= 0.6 is 0 Å². The van der Waals surface area contributed by atoms with Crippen molar-refractivity contribution >= 4 is 17.6 Å². The maximum absolute atomic E-state index is 12.1. The predicted molar refractivity (Wildman–Crippen MR) is 99.1 cm³/mol. The van der Waals surface area contributed by atoms with Crippen LogP contribution in [0.4, 0.5) is 10.5 Å². The minimum atomic E-state index is -0.0815. The Balaban J connectivity index is 1.68. The van der Waals surface area contributed by atoms with Gasteiger partial charge in [-0.1, -0.05) is 12.8 Å². The van der Waals surface area contributed by atoms with E-state index in [4.69, 9.17) is 4.74 Å². The lowest BCUT2D eigenvalue weighted by Crippen LogP contribution is -2.30. The van der Waals surface area contributed by atoms with Gasteiger partial charge >= 0.3 is 6.03 Å².